The van der Waals surface area contributed by atoms with E-state index in [0.717, 1.165) is 17.7 Å². The molecule has 1 aromatic heterocycles. The molecule has 0 bridgehead atoms. The number of pyridine rings is 1. The molecule has 0 spiro atoms. The van der Waals surface area contributed by atoms with Crippen molar-refractivity contribution in [3.63, 3.8) is 0 Å². The van der Waals surface area contributed by atoms with Crippen molar-refractivity contribution in [2.45, 2.75) is 20.3 Å². The van der Waals surface area contributed by atoms with Gasteiger partial charge in [-0.1, -0.05) is 6.92 Å². The molecule has 0 aromatic carbocycles. The normalized spacial score (nSPS) is 9.90. The number of rotatable bonds is 1. The Morgan fingerprint density at radius 1 is 1.60 bits per heavy atom. The molecule has 1 heterocycles. The lowest BCUT2D eigenvalue weighted by molar-refractivity contribution is 0.617. The number of hydrogen-bond acceptors (Lipinski definition) is 1. The molecule has 0 aliphatic carbocycles. The molecule has 54 valence electrons. The molecular formula is C8H10FN. The first kappa shape index (κ1) is 7.19. The van der Waals surface area contributed by atoms with Crippen LogP contribution in [-0.4, -0.2) is 4.98 Å². The van der Waals surface area contributed by atoms with E-state index in [1.807, 2.05) is 13.8 Å². The predicted octanol–water partition coefficient (Wildman–Crippen LogP) is 2.09. The second-order valence-corrected chi connectivity index (χ2v) is 2.25. The molecular weight excluding hydrogens is 129 g/mol. The highest BCUT2D eigenvalue weighted by Gasteiger charge is 1.97. The lowest BCUT2D eigenvalue weighted by Gasteiger charge is -1.99. The quantitative estimate of drug-likeness (QED) is 0.580. The molecule has 1 rings (SSSR count). The number of halogens is 1. The van der Waals surface area contributed by atoms with Crippen LogP contribution in [0.2, 0.25) is 0 Å². The molecule has 0 amide bonds. The van der Waals surface area contributed by atoms with E-state index < -0.39 is 0 Å². The van der Waals surface area contributed by atoms with Gasteiger partial charge < -0.3 is 0 Å². The molecule has 0 atom stereocenters. The Morgan fingerprint density at radius 2 is 2.30 bits per heavy atom. The van der Waals surface area contributed by atoms with Gasteiger partial charge in [0.2, 0.25) is 0 Å². The SMILES string of the molecule is CCc1cc(F)cnc1C. The summed E-state index contributed by atoms with van der Waals surface area (Å²) in [5.74, 6) is -0.248. The van der Waals surface area contributed by atoms with Gasteiger partial charge in [0.05, 0.1) is 6.20 Å². The van der Waals surface area contributed by atoms with Crippen LogP contribution in [-0.2, 0) is 6.42 Å². The largest absolute Gasteiger partial charge is 0.258 e. The van der Waals surface area contributed by atoms with Crippen molar-refractivity contribution in [1.29, 1.82) is 0 Å². The average Bonchev–Trinajstić information content (AvgIpc) is 1.94. The van der Waals surface area contributed by atoms with Crippen molar-refractivity contribution >= 4 is 0 Å². The van der Waals surface area contributed by atoms with Crippen molar-refractivity contribution in [3.8, 4) is 0 Å². The third-order valence-corrected chi connectivity index (χ3v) is 1.54. The molecule has 0 N–H and O–H groups in total. The maximum absolute atomic E-state index is 12.5. The van der Waals surface area contributed by atoms with Gasteiger partial charge in [-0.25, -0.2) is 4.39 Å². The Balaban J connectivity index is 3.09. The van der Waals surface area contributed by atoms with Gasteiger partial charge in [-0.05, 0) is 25.0 Å². The van der Waals surface area contributed by atoms with E-state index >= 15 is 0 Å². The standard InChI is InChI=1S/C8H10FN/c1-3-7-4-8(9)5-10-6(7)2/h4-5H,3H2,1-2H3. The van der Waals surface area contributed by atoms with Crippen LogP contribution in [0, 0.1) is 12.7 Å². The van der Waals surface area contributed by atoms with Gasteiger partial charge in [-0.15, -0.1) is 0 Å². The minimum atomic E-state index is -0.248. The van der Waals surface area contributed by atoms with E-state index in [-0.39, 0.29) is 5.82 Å². The van der Waals surface area contributed by atoms with Crippen LogP contribution in [0.25, 0.3) is 0 Å². The molecule has 0 radical (unpaired) electrons. The van der Waals surface area contributed by atoms with Crippen LogP contribution < -0.4 is 0 Å². The molecule has 10 heavy (non-hydrogen) atoms. The second-order valence-electron chi connectivity index (χ2n) is 2.25. The summed E-state index contributed by atoms with van der Waals surface area (Å²) in [4.78, 5) is 3.87. The van der Waals surface area contributed by atoms with Crippen molar-refractivity contribution in [1.82, 2.24) is 4.98 Å². The highest BCUT2D eigenvalue weighted by Crippen LogP contribution is 2.06. The van der Waals surface area contributed by atoms with Crippen molar-refractivity contribution in [3.05, 3.63) is 29.3 Å². The zero-order valence-electron chi connectivity index (χ0n) is 6.19. The lowest BCUT2D eigenvalue weighted by atomic mass is 10.1. The minimum absolute atomic E-state index is 0.248. The summed E-state index contributed by atoms with van der Waals surface area (Å²) in [5.41, 5.74) is 1.91. The minimum Gasteiger partial charge on any atom is -0.258 e. The maximum Gasteiger partial charge on any atom is 0.141 e. The molecule has 0 aliphatic heterocycles. The van der Waals surface area contributed by atoms with Gasteiger partial charge >= 0.3 is 0 Å². The molecule has 0 saturated heterocycles. The van der Waals surface area contributed by atoms with E-state index in [1.54, 1.807) is 0 Å². The smallest absolute Gasteiger partial charge is 0.141 e. The average molecular weight is 139 g/mol. The van der Waals surface area contributed by atoms with E-state index in [2.05, 4.69) is 4.98 Å². The number of hydrogen-bond donors (Lipinski definition) is 0. The van der Waals surface area contributed by atoms with Crippen LogP contribution in [0.1, 0.15) is 18.2 Å². The van der Waals surface area contributed by atoms with Crippen LogP contribution in [0.4, 0.5) is 4.39 Å². The first-order valence-electron chi connectivity index (χ1n) is 3.35. The fraction of sp³-hybridized carbons (Fsp3) is 0.375. The summed E-state index contributed by atoms with van der Waals surface area (Å²) in [6, 6.07) is 1.53. The molecule has 0 saturated carbocycles. The highest BCUT2D eigenvalue weighted by molar-refractivity contribution is 5.18. The van der Waals surface area contributed by atoms with Crippen LogP contribution >= 0.6 is 0 Å². The number of aromatic nitrogens is 1. The van der Waals surface area contributed by atoms with E-state index in [0.29, 0.717) is 0 Å². The van der Waals surface area contributed by atoms with Gasteiger partial charge in [0.25, 0.3) is 0 Å². The summed E-state index contributed by atoms with van der Waals surface area (Å²) < 4.78 is 12.5. The fourth-order valence-electron chi connectivity index (χ4n) is 0.907. The van der Waals surface area contributed by atoms with E-state index in [4.69, 9.17) is 0 Å². The summed E-state index contributed by atoms with van der Waals surface area (Å²) in [7, 11) is 0. The van der Waals surface area contributed by atoms with Crippen molar-refractivity contribution < 1.29 is 4.39 Å². The fourth-order valence-corrected chi connectivity index (χ4v) is 0.907. The Labute approximate surface area is 59.9 Å². The Bertz CT molecular complexity index is 233. The summed E-state index contributed by atoms with van der Waals surface area (Å²) in [6.45, 7) is 3.88. The monoisotopic (exact) mass is 139 g/mol. The highest BCUT2D eigenvalue weighted by atomic mass is 19.1. The van der Waals surface area contributed by atoms with Gasteiger partial charge in [0.1, 0.15) is 5.82 Å². The van der Waals surface area contributed by atoms with Crippen molar-refractivity contribution in [2.75, 3.05) is 0 Å². The Kier molecular flexibility index (Phi) is 2.00. The molecule has 0 fully saturated rings. The zero-order chi connectivity index (χ0) is 7.56. The maximum atomic E-state index is 12.5. The molecule has 1 aromatic rings. The Morgan fingerprint density at radius 3 is 2.80 bits per heavy atom. The summed E-state index contributed by atoms with van der Waals surface area (Å²) in [6.07, 6.45) is 2.09. The van der Waals surface area contributed by atoms with Gasteiger partial charge in [-0.3, -0.25) is 4.98 Å². The molecule has 2 heteroatoms. The second kappa shape index (κ2) is 2.78. The van der Waals surface area contributed by atoms with Crippen molar-refractivity contribution in [2.24, 2.45) is 0 Å². The van der Waals surface area contributed by atoms with Gasteiger partial charge in [0.15, 0.2) is 0 Å². The third-order valence-electron chi connectivity index (χ3n) is 1.54. The summed E-state index contributed by atoms with van der Waals surface area (Å²) >= 11 is 0. The van der Waals surface area contributed by atoms with Crippen LogP contribution in [0.3, 0.4) is 0 Å². The lowest BCUT2D eigenvalue weighted by Crippen LogP contribution is -1.91. The van der Waals surface area contributed by atoms with Crippen LogP contribution in [0.15, 0.2) is 12.3 Å². The topological polar surface area (TPSA) is 12.9 Å². The zero-order valence-corrected chi connectivity index (χ0v) is 6.19. The number of nitrogens with zero attached hydrogens (tertiary/aromatic N) is 1. The predicted molar refractivity (Wildman–Crippen MR) is 38.3 cm³/mol. The van der Waals surface area contributed by atoms with Gasteiger partial charge in [-0.2, -0.15) is 0 Å². The van der Waals surface area contributed by atoms with Crippen LogP contribution in [0.5, 0.6) is 0 Å². The summed E-state index contributed by atoms with van der Waals surface area (Å²) in [5, 5.41) is 0. The molecule has 0 aliphatic rings. The molecule has 1 nitrogen and oxygen atoms in total. The van der Waals surface area contributed by atoms with E-state index in [9.17, 15) is 4.39 Å². The van der Waals surface area contributed by atoms with E-state index in [1.165, 1.54) is 12.3 Å². The third kappa shape index (κ3) is 1.32. The van der Waals surface area contributed by atoms with Gasteiger partial charge in [0, 0.05) is 5.69 Å². The first-order valence-corrected chi connectivity index (χ1v) is 3.35. The molecule has 0 unspecified atom stereocenters. The Hall–Kier alpha value is -0.920. The first-order chi connectivity index (χ1) is 4.74. The number of aryl methyl sites for hydroxylation is 2.